The van der Waals surface area contributed by atoms with E-state index in [-0.39, 0.29) is 0 Å². The number of hydrogen-bond donors (Lipinski definition) is 1. The van der Waals surface area contributed by atoms with Crippen LogP contribution in [0.2, 0.25) is 0 Å². The SMILES string of the molecule is CCCN1CCC(CN=C(N)N2CCCCCC2)C1. The summed E-state index contributed by atoms with van der Waals surface area (Å²) in [5.41, 5.74) is 6.15. The third-order valence-corrected chi connectivity index (χ3v) is 4.35. The zero-order chi connectivity index (χ0) is 13.5. The summed E-state index contributed by atoms with van der Waals surface area (Å²) < 4.78 is 0. The summed E-state index contributed by atoms with van der Waals surface area (Å²) in [4.78, 5) is 9.50. The van der Waals surface area contributed by atoms with E-state index in [2.05, 4.69) is 21.7 Å². The number of hydrogen-bond acceptors (Lipinski definition) is 2. The van der Waals surface area contributed by atoms with E-state index in [0.29, 0.717) is 0 Å². The first kappa shape index (κ1) is 14.6. The lowest BCUT2D eigenvalue weighted by Gasteiger charge is -2.21. The van der Waals surface area contributed by atoms with Crippen LogP contribution in [0.25, 0.3) is 0 Å². The van der Waals surface area contributed by atoms with Crippen molar-refractivity contribution in [2.24, 2.45) is 16.6 Å². The molecule has 2 aliphatic heterocycles. The molecule has 0 aromatic carbocycles. The molecule has 1 atom stereocenters. The molecule has 2 fully saturated rings. The predicted octanol–water partition coefficient (Wildman–Crippen LogP) is 1.91. The Morgan fingerprint density at radius 1 is 1.16 bits per heavy atom. The van der Waals surface area contributed by atoms with Gasteiger partial charge in [0.05, 0.1) is 0 Å². The molecule has 0 amide bonds. The van der Waals surface area contributed by atoms with Crippen LogP contribution in [0.4, 0.5) is 0 Å². The van der Waals surface area contributed by atoms with Crippen LogP contribution < -0.4 is 5.73 Å². The fourth-order valence-corrected chi connectivity index (χ4v) is 3.20. The Kier molecular flexibility index (Phi) is 5.95. The van der Waals surface area contributed by atoms with E-state index in [4.69, 9.17) is 5.73 Å². The average Bonchev–Trinajstić information content (AvgIpc) is 2.69. The highest BCUT2D eigenvalue weighted by Crippen LogP contribution is 2.17. The number of nitrogens with zero attached hydrogens (tertiary/aromatic N) is 3. The minimum atomic E-state index is 0.720. The van der Waals surface area contributed by atoms with Crippen molar-refractivity contribution in [3.63, 3.8) is 0 Å². The first-order valence-corrected chi connectivity index (χ1v) is 8.07. The van der Waals surface area contributed by atoms with E-state index >= 15 is 0 Å². The highest BCUT2D eigenvalue weighted by atomic mass is 15.2. The molecule has 0 saturated carbocycles. The molecule has 4 nitrogen and oxygen atoms in total. The molecule has 2 saturated heterocycles. The fraction of sp³-hybridized carbons (Fsp3) is 0.933. The Balaban J connectivity index is 1.75. The van der Waals surface area contributed by atoms with Gasteiger partial charge in [0.1, 0.15) is 0 Å². The molecule has 110 valence electrons. The van der Waals surface area contributed by atoms with E-state index in [1.165, 1.54) is 58.2 Å². The standard InChI is InChI=1S/C15H30N4/c1-2-8-18-11-7-14(13-18)12-17-15(16)19-9-5-3-4-6-10-19/h14H,2-13H2,1H3,(H2,16,17). The van der Waals surface area contributed by atoms with Crippen molar-refractivity contribution in [1.29, 1.82) is 0 Å². The average molecular weight is 266 g/mol. The summed E-state index contributed by atoms with van der Waals surface area (Å²) in [7, 11) is 0. The largest absolute Gasteiger partial charge is 0.370 e. The second-order valence-electron chi connectivity index (χ2n) is 6.06. The van der Waals surface area contributed by atoms with Gasteiger partial charge in [0, 0.05) is 26.2 Å². The molecule has 0 aliphatic carbocycles. The molecule has 0 aromatic heterocycles. The lowest BCUT2D eigenvalue weighted by atomic mass is 10.1. The van der Waals surface area contributed by atoms with Gasteiger partial charge in [-0.2, -0.15) is 0 Å². The van der Waals surface area contributed by atoms with E-state index in [9.17, 15) is 0 Å². The summed E-state index contributed by atoms with van der Waals surface area (Å²) in [6.07, 6.45) is 7.77. The van der Waals surface area contributed by atoms with E-state index < -0.39 is 0 Å². The normalized spacial score (nSPS) is 26.7. The third kappa shape index (κ3) is 4.68. The molecule has 4 heteroatoms. The van der Waals surface area contributed by atoms with Gasteiger partial charge in [-0.3, -0.25) is 4.99 Å². The highest BCUT2D eigenvalue weighted by Gasteiger charge is 2.21. The number of nitrogens with two attached hydrogens (primary N) is 1. The number of likely N-dealkylation sites (tertiary alicyclic amines) is 2. The van der Waals surface area contributed by atoms with Crippen LogP contribution in [-0.4, -0.2) is 55.0 Å². The number of guanidine groups is 1. The maximum Gasteiger partial charge on any atom is 0.191 e. The first-order valence-electron chi connectivity index (χ1n) is 8.07. The first-order chi connectivity index (χ1) is 9.29. The maximum atomic E-state index is 6.15. The van der Waals surface area contributed by atoms with E-state index in [1.807, 2.05) is 0 Å². The van der Waals surface area contributed by atoms with Crippen LogP contribution >= 0.6 is 0 Å². The lowest BCUT2D eigenvalue weighted by Crippen LogP contribution is -2.38. The van der Waals surface area contributed by atoms with Crippen LogP contribution in [-0.2, 0) is 0 Å². The monoisotopic (exact) mass is 266 g/mol. The van der Waals surface area contributed by atoms with Crippen molar-refractivity contribution in [3.8, 4) is 0 Å². The van der Waals surface area contributed by atoms with Crippen molar-refractivity contribution < 1.29 is 0 Å². The highest BCUT2D eigenvalue weighted by molar-refractivity contribution is 5.78. The predicted molar refractivity (Wildman–Crippen MR) is 81.4 cm³/mol. The van der Waals surface area contributed by atoms with Gasteiger partial charge in [-0.1, -0.05) is 19.8 Å². The zero-order valence-electron chi connectivity index (χ0n) is 12.5. The van der Waals surface area contributed by atoms with Gasteiger partial charge in [0.2, 0.25) is 0 Å². The Morgan fingerprint density at radius 3 is 2.58 bits per heavy atom. The second kappa shape index (κ2) is 7.73. The molecule has 2 heterocycles. The Bertz CT molecular complexity index is 282. The molecular weight excluding hydrogens is 236 g/mol. The van der Waals surface area contributed by atoms with Crippen LogP contribution in [0.3, 0.4) is 0 Å². The second-order valence-corrected chi connectivity index (χ2v) is 6.06. The van der Waals surface area contributed by atoms with Gasteiger partial charge >= 0.3 is 0 Å². The summed E-state index contributed by atoms with van der Waals surface area (Å²) in [6, 6.07) is 0. The summed E-state index contributed by atoms with van der Waals surface area (Å²) in [5, 5.41) is 0. The van der Waals surface area contributed by atoms with Gasteiger partial charge < -0.3 is 15.5 Å². The molecule has 0 spiro atoms. The maximum absolute atomic E-state index is 6.15. The third-order valence-electron chi connectivity index (χ3n) is 4.35. The van der Waals surface area contributed by atoms with E-state index in [0.717, 1.165) is 31.5 Å². The van der Waals surface area contributed by atoms with Crippen LogP contribution in [0.5, 0.6) is 0 Å². The van der Waals surface area contributed by atoms with Crippen LogP contribution in [0, 0.1) is 5.92 Å². The summed E-state index contributed by atoms with van der Waals surface area (Å²) in [5.74, 6) is 1.51. The van der Waals surface area contributed by atoms with Crippen molar-refractivity contribution in [3.05, 3.63) is 0 Å². The molecule has 1 unspecified atom stereocenters. The van der Waals surface area contributed by atoms with E-state index in [1.54, 1.807) is 0 Å². The fourth-order valence-electron chi connectivity index (χ4n) is 3.20. The zero-order valence-corrected chi connectivity index (χ0v) is 12.5. The van der Waals surface area contributed by atoms with Crippen molar-refractivity contribution >= 4 is 5.96 Å². The molecule has 0 radical (unpaired) electrons. The molecule has 0 bridgehead atoms. The molecule has 0 aromatic rings. The molecular formula is C15H30N4. The Hall–Kier alpha value is -0.770. The molecule has 2 N–H and O–H groups in total. The van der Waals surface area contributed by atoms with Gasteiger partial charge in [-0.25, -0.2) is 0 Å². The van der Waals surface area contributed by atoms with Crippen LogP contribution in [0.1, 0.15) is 45.4 Å². The smallest absolute Gasteiger partial charge is 0.191 e. The Morgan fingerprint density at radius 2 is 1.89 bits per heavy atom. The van der Waals surface area contributed by atoms with Gasteiger partial charge in [-0.15, -0.1) is 0 Å². The van der Waals surface area contributed by atoms with Crippen molar-refractivity contribution in [1.82, 2.24) is 9.80 Å². The minimum absolute atomic E-state index is 0.720. The Labute approximate surface area is 118 Å². The summed E-state index contributed by atoms with van der Waals surface area (Å²) in [6.45, 7) is 9.07. The summed E-state index contributed by atoms with van der Waals surface area (Å²) >= 11 is 0. The molecule has 2 aliphatic rings. The molecule has 19 heavy (non-hydrogen) atoms. The molecule has 2 rings (SSSR count). The van der Waals surface area contributed by atoms with Gasteiger partial charge in [0.25, 0.3) is 0 Å². The quantitative estimate of drug-likeness (QED) is 0.624. The van der Waals surface area contributed by atoms with Crippen molar-refractivity contribution in [2.75, 3.05) is 39.3 Å². The lowest BCUT2D eigenvalue weighted by molar-refractivity contribution is 0.326. The minimum Gasteiger partial charge on any atom is -0.370 e. The number of rotatable bonds is 4. The van der Waals surface area contributed by atoms with Gasteiger partial charge in [0.15, 0.2) is 5.96 Å². The topological polar surface area (TPSA) is 44.9 Å². The number of aliphatic imine (C=N–C) groups is 1. The van der Waals surface area contributed by atoms with Crippen molar-refractivity contribution in [2.45, 2.75) is 45.4 Å². The van der Waals surface area contributed by atoms with Gasteiger partial charge in [-0.05, 0) is 44.7 Å². The van der Waals surface area contributed by atoms with Crippen LogP contribution in [0.15, 0.2) is 4.99 Å².